The molecule has 1 saturated heterocycles. The number of aliphatic hydroxyl groups excluding tert-OH is 1. The van der Waals surface area contributed by atoms with E-state index in [1.807, 2.05) is 91.0 Å². The standard InChI is InChI=1S/C27H30O5/c28-16-24-26(31-18-22-12-6-2-7-13-22)27(32-19-23-14-8-3-9-15-23)25(20-30-24)29-17-21-10-4-1-5-11-21/h1-15,24-28H,16-20H2/t24-,25-,26-,27-/m1/s1. The molecule has 4 atom stereocenters. The Morgan fingerprint density at radius 3 is 1.53 bits per heavy atom. The van der Waals surface area contributed by atoms with Crippen LogP contribution >= 0.6 is 0 Å². The Hall–Kier alpha value is -2.54. The highest BCUT2D eigenvalue weighted by Crippen LogP contribution is 2.26. The summed E-state index contributed by atoms with van der Waals surface area (Å²) < 4.78 is 24.8. The predicted octanol–water partition coefficient (Wildman–Crippen LogP) is 4.13. The second-order valence-electron chi connectivity index (χ2n) is 7.91. The molecule has 0 aromatic heterocycles. The number of hydrogen-bond acceptors (Lipinski definition) is 5. The molecule has 0 amide bonds. The van der Waals surface area contributed by atoms with Gasteiger partial charge in [0.05, 0.1) is 33.0 Å². The molecule has 3 aromatic rings. The molecule has 0 aliphatic carbocycles. The summed E-state index contributed by atoms with van der Waals surface area (Å²) in [6.45, 7) is 1.48. The lowest BCUT2D eigenvalue weighted by Crippen LogP contribution is -2.57. The maximum atomic E-state index is 9.95. The van der Waals surface area contributed by atoms with Crippen molar-refractivity contribution in [1.29, 1.82) is 0 Å². The van der Waals surface area contributed by atoms with Gasteiger partial charge < -0.3 is 24.1 Å². The molecule has 1 fully saturated rings. The van der Waals surface area contributed by atoms with Gasteiger partial charge in [0.15, 0.2) is 0 Å². The fraction of sp³-hybridized carbons (Fsp3) is 0.333. The van der Waals surface area contributed by atoms with Gasteiger partial charge in [-0.1, -0.05) is 91.0 Å². The Kier molecular flexibility index (Phi) is 8.42. The lowest BCUT2D eigenvalue weighted by molar-refractivity contribution is -0.243. The highest BCUT2D eigenvalue weighted by molar-refractivity contribution is 5.15. The lowest BCUT2D eigenvalue weighted by Gasteiger charge is -2.41. The van der Waals surface area contributed by atoms with E-state index in [0.717, 1.165) is 16.7 Å². The largest absolute Gasteiger partial charge is 0.394 e. The molecule has 0 unspecified atom stereocenters. The summed E-state index contributed by atoms with van der Waals surface area (Å²) in [4.78, 5) is 0. The third kappa shape index (κ3) is 6.25. The number of hydrogen-bond donors (Lipinski definition) is 1. The average molecular weight is 435 g/mol. The van der Waals surface area contributed by atoms with Crippen LogP contribution in [0.2, 0.25) is 0 Å². The molecule has 0 bridgehead atoms. The van der Waals surface area contributed by atoms with Crippen LogP contribution in [0.15, 0.2) is 91.0 Å². The van der Waals surface area contributed by atoms with Crippen molar-refractivity contribution < 1.29 is 24.1 Å². The molecule has 168 valence electrons. The van der Waals surface area contributed by atoms with Gasteiger partial charge in [0.1, 0.15) is 24.4 Å². The van der Waals surface area contributed by atoms with E-state index in [1.165, 1.54) is 0 Å². The molecule has 5 heteroatoms. The molecule has 32 heavy (non-hydrogen) atoms. The average Bonchev–Trinajstić information content (AvgIpc) is 2.87. The van der Waals surface area contributed by atoms with Crippen LogP contribution in [-0.2, 0) is 38.8 Å². The normalized spacial score (nSPS) is 23.2. The first-order chi connectivity index (χ1) is 15.8. The Labute approximate surface area is 189 Å². The van der Waals surface area contributed by atoms with Crippen molar-refractivity contribution in [3.05, 3.63) is 108 Å². The maximum Gasteiger partial charge on any atom is 0.115 e. The second-order valence-corrected chi connectivity index (χ2v) is 7.91. The van der Waals surface area contributed by atoms with Gasteiger partial charge in [0.2, 0.25) is 0 Å². The van der Waals surface area contributed by atoms with Crippen molar-refractivity contribution in [3.8, 4) is 0 Å². The van der Waals surface area contributed by atoms with Crippen LogP contribution in [0.1, 0.15) is 16.7 Å². The fourth-order valence-electron chi connectivity index (χ4n) is 3.85. The van der Waals surface area contributed by atoms with Crippen LogP contribution in [0.3, 0.4) is 0 Å². The fourth-order valence-corrected chi connectivity index (χ4v) is 3.85. The molecular weight excluding hydrogens is 404 g/mol. The van der Waals surface area contributed by atoms with Crippen molar-refractivity contribution >= 4 is 0 Å². The van der Waals surface area contributed by atoms with Crippen molar-refractivity contribution in [1.82, 2.24) is 0 Å². The molecule has 1 heterocycles. The van der Waals surface area contributed by atoms with E-state index in [2.05, 4.69) is 0 Å². The molecule has 4 rings (SSSR count). The quantitative estimate of drug-likeness (QED) is 0.520. The van der Waals surface area contributed by atoms with Crippen molar-refractivity contribution in [2.24, 2.45) is 0 Å². The summed E-state index contributed by atoms with van der Waals surface area (Å²) >= 11 is 0. The van der Waals surface area contributed by atoms with Gasteiger partial charge in [-0.05, 0) is 16.7 Å². The van der Waals surface area contributed by atoms with Gasteiger partial charge >= 0.3 is 0 Å². The third-order valence-electron chi connectivity index (χ3n) is 5.59. The molecule has 0 saturated carbocycles. The van der Waals surface area contributed by atoms with Crippen LogP contribution in [0, 0.1) is 0 Å². The summed E-state index contributed by atoms with van der Waals surface area (Å²) in [7, 11) is 0. The topological polar surface area (TPSA) is 57.2 Å². The molecule has 1 aliphatic rings. The zero-order valence-electron chi connectivity index (χ0n) is 18.1. The van der Waals surface area contributed by atoms with Crippen molar-refractivity contribution in [2.75, 3.05) is 13.2 Å². The maximum absolute atomic E-state index is 9.95. The summed E-state index contributed by atoms with van der Waals surface area (Å²) in [5.41, 5.74) is 3.21. The summed E-state index contributed by atoms with van der Waals surface area (Å²) in [6, 6.07) is 30.0. The third-order valence-corrected chi connectivity index (χ3v) is 5.59. The molecule has 5 nitrogen and oxygen atoms in total. The highest BCUT2D eigenvalue weighted by Gasteiger charge is 2.42. The Morgan fingerprint density at radius 1 is 0.625 bits per heavy atom. The molecule has 1 N–H and O–H groups in total. The molecule has 0 spiro atoms. The Balaban J connectivity index is 1.49. The van der Waals surface area contributed by atoms with Crippen LogP contribution in [0.4, 0.5) is 0 Å². The number of ether oxygens (including phenoxy) is 4. The zero-order chi connectivity index (χ0) is 22.0. The first-order valence-corrected chi connectivity index (χ1v) is 11.0. The van der Waals surface area contributed by atoms with E-state index in [4.69, 9.17) is 18.9 Å². The summed E-state index contributed by atoms with van der Waals surface area (Å²) in [5.74, 6) is 0. The zero-order valence-corrected chi connectivity index (χ0v) is 18.1. The Morgan fingerprint density at radius 2 is 1.06 bits per heavy atom. The first-order valence-electron chi connectivity index (χ1n) is 11.0. The predicted molar refractivity (Wildman–Crippen MR) is 122 cm³/mol. The molecule has 0 radical (unpaired) electrons. The van der Waals surface area contributed by atoms with E-state index >= 15 is 0 Å². The van der Waals surface area contributed by atoms with E-state index < -0.39 is 12.2 Å². The first kappa shape index (κ1) is 22.6. The monoisotopic (exact) mass is 434 g/mol. The van der Waals surface area contributed by atoms with Gasteiger partial charge in [-0.2, -0.15) is 0 Å². The summed E-state index contributed by atoms with van der Waals surface area (Å²) in [6.07, 6.45) is -1.63. The minimum atomic E-state index is -0.476. The molecular formula is C27H30O5. The van der Waals surface area contributed by atoms with E-state index in [9.17, 15) is 5.11 Å². The van der Waals surface area contributed by atoms with Gasteiger partial charge in [-0.3, -0.25) is 0 Å². The summed E-state index contributed by atoms with van der Waals surface area (Å²) in [5, 5.41) is 9.95. The van der Waals surface area contributed by atoms with E-state index in [1.54, 1.807) is 0 Å². The van der Waals surface area contributed by atoms with Crippen LogP contribution in [0.5, 0.6) is 0 Å². The van der Waals surface area contributed by atoms with Gasteiger partial charge in [0, 0.05) is 0 Å². The van der Waals surface area contributed by atoms with Crippen molar-refractivity contribution in [3.63, 3.8) is 0 Å². The van der Waals surface area contributed by atoms with E-state index in [-0.39, 0.29) is 18.8 Å². The van der Waals surface area contributed by atoms with Crippen LogP contribution in [0.25, 0.3) is 0 Å². The molecule has 3 aromatic carbocycles. The van der Waals surface area contributed by atoms with Gasteiger partial charge in [-0.25, -0.2) is 0 Å². The van der Waals surface area contributed by atoms with Gasteiger partial charge in [0.25, 0.3) is 0 Å². The minimum Gasteiger partial charge on any atom is -0.394 e. The van der Waals surface area contributed by atoms with Gasteiger partial charge in [-0.15, -0.1) is 0 Å². The van der Waals surface area contributed by atoms with Crippen LogP contribution in [-0.4, -0.2) is 42.7 Å². The lowest BCUT2D eigenvalue weighted by atomic mass is 9.99. The SMILES string of the molecule is OC[C@H]1OC[C@@H](OCc2ccccc2)[C@@H](OCc2ccccc2)[C@@H]1OCc1ccccc1. The van der Waals surface area contributed by atoms with Crippen LogP contribution < -0.4 is 0 Å². The van der Waals surface area contributed by atoms with E-state index in [0.29, 0.717) is 26.4 Å². The Bertz CT molecular complexity index is 903. The number of aliphatic hydroxyl groups is 1. The van der Waals surface area contributed by atoms with Crippen molar-refractivity contribution in [2.45, 2.75) is 44.2 Å². The highest BCUT2D eigenvalue weighted by atomic mass is 16.6. The minimum absolute atomic E-state index is 0.143. The number of rotatable bonds is 10. The molecule has 1 aliphatic heterocycles. The smallest absolute Gasteiger partial charge is 0.115 e. The number of benzene rings is 3. The second kappa shape index (κ2) is 11.9.